The smallest absolute Gasteiger partial charge is 0.242 e. The fourth-order valence-electron chi connectivity index (χ4n) is 1.80. The van der Waals surface area contributed by atoms with Crippen molar-refractivity contribution in [1.29, 1.82) is 0 Å². The molecule has 0 fully saturated rings. The lowest BCUT2D eigenvalue weighted by Crippen LogP contribution is -2.36. The van der Waals surface area contributed by atoms with Crippen LogP contribution in [0.1, 0.15) is 12.0 Å². The molecule has 0 unspecified atom stereocenters. The summed E-state index contributed by atoms with van der Waals surface area (Å²) in [6.45, 7) is 0. The second-order valence-electron chi connectivity index (χ2n) is 4.49. The van der Waals surface area contributed by atoms with E-state index >= 15 is 0 Å². The van der Waals surface area contributed by atoms with Gasteiger partial charge in [0.05, 0.1) is 6.04 Å². The van der Waals surface area contributed by atoms with Crippen LogP contribution in [0, 0.1) is 0 Å². The Bertz CT molecular complexity index is 535. The summed E-state index contributed by atoms with van der Waals surface area (Å²) in [6, 6.07) is 11.2. The van der Waals surface area contributed by atoms with Crippen LogP contribution in [0.3, 0.4) is 0 Å². The van der Waals surface area contributed by atoms with Gasteiger partial charge < -0.3 is 11.1 Å². The lowest BCUT2D eigenvalue weighted by atomic mass is 10.1. The van der Waals surface area contributed by atoms with Crippen molar-refractivity contribution in [3.8, 4) is 0 Å². The van der Waals surface area contributed by atoms with Crippen molar-refractivity contribution in [1.82, 2.24) is 9.78 Å². The summed E-state index contributed by atoms with van der Waals surface area (Å²) in [5.41, 5.74) is 7.06. The average Bonchev–Trinajstić information content (AvgIpc) is 2.82. The number of benzene rings is 1. The Balaban J connectivity index is 1.82. The first kappa shape index (κ1) is 13.3. The zero-order valence-electron chi connectivity index (χ0n) is 10.9. The monoisotopic (exact) mass is 258 g/mol. The SMILES string of the molecule is Cn1ccc(NC(=O)[C@@H](N)CCc2ccccc2)n1. The molecule has 0 aliphatic heterocycles. The third-order valence-corrected chi connectivity index (χ3v) is 2.89. The summed E-state index contributed by atoms with van der Waals surface area (Å²) in [5.74, 6) is 0.331. The van der Waals surface area contributed by atoms with Crippen molar-refractivity contribution in [2.45, 2.75) is 18.9 Å². The molecule has 2 rings (SSSR count). The molecule has 0 aliphatic rings. The number of hydrogen-bond acceptors (Lipinski definition) is 3. The fraction of sp³-hybridized carbons (Fsp3) is 0.286. The van der Waals surface area contributed by atoms with Gasteiger partial charge in [-0.15, -0.1) is 0 Å². The Labute approximate surface area is 112 Å². The molecule has 100 valence electrons. The zero-order valence-corrected chi connectivity index (χ0v) is 10.9. The van der Waals surface area contributed by atoms with Crippen molar-refractivity contribution in [2.75, 3.05) is 5.32 Å². The molecule has 3 N–H and O–H groups in total. The van der Waals surface area contributed by atoms with E-state index < -0.39 is 6.04 Å². The molecule has 0 aliphatic carbocycles. The van der Waals surface area contributed by atoms with Gasteiger partial charge in [0, 0.05) is 19.3 Å². The van der Waals surface area contributed by atoms with Gasteiger partial charge in [0.25, 0.3) is 0 Å². The minimum absolute atomic E-state index is 0.199. The van der Waals surface area contributed by atoms with Crippen molar-refractivity contribution in [2.24, 2.45) is 12.8 Å². The van der Waals surface area contributed by atoms with Gasteiger partial charge in [-0.1, -0.05) is 30.3 Å². The molecule has 5 nitrogen and oxygen atoms in total. The Morgan fingerprint density at radius 1 is 1.37 bits per heavy atom. The number of amides is 1. The van der Waals surface area contributed by atoms with E-state index in [0.29, 0.717) is 12.2 Å². The lowest BCUT2D eigenvalue weighted by Gasteiger charge is -2.10. The van der Waals surface area contributed by atoms with Crippen LogP contribution < -0.4 is 11.1 Å². The van der Waals surface area contributed by atoms with E-state index in [0.717, 1.165) is 6.42 Å². The van der Waals surface area contributed by atoms with Crippen LogP contribution in [-0.2, 0) is 18.3 Å². The minimum Gasteiger partial charge on any atom is -0.320 e. The van der Waals surface area contributed by atoms with E-state index in [1.807, 2.05) is 30.3 Å². The summed E-state index contributed by atoms with van der Waals surface area (Å²) in [5, 5.41) is 6.78. The Kier molecular flexibility index (Phi) is 4.30. The van der Waals surface area contributed by atoms with Crippen LogP contribution in [0.25, 0.3) is 0 Å². The van der Waals surface area contributed by atoms with Crippen molar-refractivity contribution >= 4 is 11.7 Å². The molecule has 1 amide bonds. The number of rotatable bonds is 5. The molecule has 0 saturated heterocycles. The van der Waals surface area contributed by atoms with Gasteiger partial charge in [-0.2, -0.15) is 5.10 Å². The predicted octanol–water partition coefficient (Wildman–Crippen LogP) is 1.32. The molecule has 0 radical (unpaired) electrons. The fourth-order valence-corrected chi connectivity index (χ4v) is 1.80. The molecule has 1 aromatic heterocycles. The summed E-state index contributed by atoms with van der Waals surface area (Å²) in [4.78, 5) is 11.9. The molecule has 0 bridgehead atoms. The largest absolute Gasteiger partial charge is 0.320 e. The summed E-state index contributed by atoms with van der Waals surface area (Å²) >= 11 is 0. The molecule has 0 spiro atoms. The number of aryl methyl sites for hydroxylation is 2. The quantitative estimate of drug-likeness (QED) is 0.849. The highest BCUT2D eigenvalue weighted by molar-refractivity contribution is 5.93. The van der Waals surface area contributed by atoms with Crippen LogP contribution in [0.5, 0.6) is 0 Å². The summed E-state index contributed by atoms with van der Waals surface area (Å²) in [7, 11) is 1.80. The Morgan fingerprint density at radius 2 is 2.11 bits per heavy atom. The van der Waals surface area contributed by atoms with E-state index in [2.05, 4.69) is 10.4 Å². The number of carbonyl (C=O) groups is 1. The maximum Gasteiger partial charge on any atom is 0.242 e. The van der Waals surface area contributed by atoms with E-state index in [-0.39, 0.29) is 5.91 Å². The number of nitrogens with one attached hydrogen (secondary N) is 1. The number of aromatic nitrogens is 2. The third-order valence-electron chi connectivity index (χ3n) is 2.89. The van der Waals surface area contributed by atoms with E-state index in [1.165, 1.54) is 5.56 Å². The van der Waals surface area contributed by atoms with E-state index in [4.69, 9.17) is 5.73 Å². The highest BCUT2D eigenvalue weighted by Crippen LogP contribution is 2.06. The zero-order chi connectivity index (χ0) is 13.7. The molecule has 19 heavy (non-hydrogen) atoms. The van der Waals surface area contributed by atoms with Crippen molar-refractivity contribution in [3.05, 3.63) is 48.2 Å². The molecular weight excluding hydrogens is 240 g/mol. The van der Waals surface area contributed by atoms with Crippen LogP contribution in [0.2, 0.25) is 0 Å². The number of hydrogen-bond donors (Lipinski definition) is 2. The molecule has 5 heteroatoms. The van der Waals surface area contributed by atoms with E-state index in [9.17, 15) is 4.79 Å². The van der Waals surface area contributed by atoms with Crippen LogP contribution in [-0.4, -0.2) is 21.7 Å². The van der Waals surface area contributed by atoms with Gasteiger partial charge in [-0.05, 0) is 18.4 Å². The molecule has 1 atom stereocenters. The standard InChI is InChI=1S/C14H18N4O/c1-18-10-9-13(17-18)16-14(19)12(15)8-7-11-5-3-2-4-6-11/h2-6,9-10,12H,7-8,15H2,1H3,(H,16,17,19)/t12-/m0/s1. The van der Waals surface area contributed by atoms with Crippen molar-refractivity contribution < 1.29 is 4.79 Å². The van der Waals surface area contributed by atoms with Crippen LogP contribution >= 0.6 is 0 Å². The predicted molar refractivity (Wildman–Crippen MR) is 74.6 cm³/mol. The normalized spacial score (nSPS) is 12.1. The first-order chi connectivity index (χ1) is 9.15. The molecule has 0 saturated carbocycles. The second-order valence-corrected chi connectivity index (χ2v) is 4.49. The second kappa shape index (κ2) is 6.15. The first-order valence-electron chi connectivity index (χ1n) is 6.25. The number of nitrogens with two attached hydrogens (primary N) is 1. The highest BCUT2D eigenvalue weighted by atomic mass is 16.2. The number of nitrogens with zero attached hydrogens (tertiary/aromatic N) is 2. The Morgan fingerprint density at radius 3 is 2.74 bits per heavy atom. The minimum atomic E-state index is -0.526. The van der Waals surface area contributed by atoms with Crippen LogP contribution in [0.4, 0.5) is 5.82 Å². The van der Waals surface area contributed by atoms with Gasteiger partial charge in [0.1, 0.15) is 0 Å². The summed E-state index contributed by atoms with van der Waals surface area (Å²) in [6.07, 6.45) is 3.17. The molecule has 2 aromatic rings. The maximum atomic E-state index is 11.9. The third kappa shape index (κ3) is 3.93. The molecule has 1 aromatic carbocycles. The van der Waals surface area contributed by atoms with Gasteiger partial charge in [-0.3, -0.25) is 9.48 Å². The Hall–Kier alpha value is -2.14. The van der Waals surface area contributed by atoms with Gasteiger partial charge in [0.15, 0.2) is 5.82 Å². The van der Waals surface area contributed by atoms with Gasteiger partial charge >= 0.3 is 0 Å². The van der Waals surface area contributed by atoms with Gasteiger partial charge in [-0.25, -0.2) is 0 Å². The lowest BCUT2D eigenvalue weighted by molar-refractivity contribution is -0.117. The highest BCUT2D eigenvalue weighted by Gasteiger charge is 2.14. The van der Waals surface area contributed by atoms with Crippen molar-refractivity contribution in [3.63, 3.8) is 0 Å². The van der Waals surface area contributed by atoms with E-state index in [1.54, 1.807) is 24.0 Å². The number of anilines is 1. The molecular formula is C14H18N4O. The number of carbonyl (C=O) groups excluding carboxylic acids is 1. The average molecular weight is 258 g/mol. The first-order valence-corrected chi connectivity index (χ1v) is 6.25. The summed E-state index contributed by atoms with van der Waals surface area (Å²) < 4.78 is 1.63. The molecule has 1 heterocycles. The van der Waals surface area contributed by atoms with Gasteiger partial charge in [0.2, 0.25) is 5.91 Å². The maximum absolute atomic E-state index is 11.9. The topological polar surface area (TPSA) is 72.9 Å². The van der Waals surface area contributed by atoms with Crippen LogP contribution in [0.15, 0.2) is 42.6 Å².